The van der Waals surface area contributed by atoms with Crippen LogP contribution in [0, 0.1) is 12.8 Å². The number of hydrogen-bond donors (Lipinski definition) is 1. The van der Waals surface area contributed by atoms with Crippen molar-refractivity contribution in [1.82, 2.24) is 0 Å². The maximum Gasteiger partial charge on any atom is 0.232 e. The lowest BCUT2D eigenvalue weighted by Gasteiger charge is -2.12. The molecule has 0 saturated carbocycles. The van der Waals surface area contributed by atoms with Crippen molar-refractivity contribution in [1.29, 1.82) is 0 Å². The van der Waals surface area contributed by atoms with Crippen molar-refractivity contribution in [3.05, 3.63) is 29.3 Å². The third-order valence-corrected chi connectivity index (χ3v) is 2.75. The first-order valence-electron chi connectivity index (χ1n) is 5.01. The van der Waals surface area contributed by atoms with Crippen LogP contribution in [0.2, 0.25) is 0 Å². The maximum atomic E-state index is 11.7. The summed E-state index contributed by atoms with van der Waals surface area (Å²) in [7, 11) is 0. The molecule has 2 nitrogen and oxygen atoms in total. The number of rotatable bonds is 1. The fraction of sp³-hybridized carbons (Fsp3) is 0.417. The van der Waals surface area contributed by atoms with E-state index in [0.717, 1.165) is 11.3 Å². The van der Waals surface area contributed by atoms with Gasteiger partial charge in [-0.1, -0.05) is 31.5 Å². The summed E-state index contributed by atoms with van der Waals surface area (Å²) in [5.41, 5.74) is 3.36. The van der Waals surface area contributed by atoms with Gasteiger partial charge < -0.3 is 5.32 Å². The van der Waals surface area contributed by atoms with Crippen molar-refractivity contribution in [3.63, 3.8) is 0 Å². The Hall–Kier alpha value is -1.31. The number of amides is 1. The lowest BCUT2D eigenvalue weighted by atomic mass is 9.89. The van der Waals surface area contributed by atoms with Crippen LogP contribution in [0.1, 0.15) is 30.9 Å². The minimum atomic E-state index is 0.0323. The number of carbonyl (C=O) groups excluding carboxylic acids is 1. The number of benzene rings is 1. The largest absolute Gasteiger partial charge is 0.325 e. The Bertz CT molecular complexity index is 382. The first-order valence-corrected chi connectivity index (χ1v) is 5.01. The summed E-state index contributed by atoms with van der Waals surface area (Å²) in [4.78, 5) is 11.7. The highest BCUT2D eigenvalue weighted by Gasteiger charge is 2.32. The van der Waals surface area contributed by atoms with E-state index in [4.69, 9.17) is 0 Å². The molecule has 2 heteroatoms. The van der Waals surface area contributed by atoms with Gasteiger partial charge in [0.15, 0.2) is 0 Å². The van der Waals surface area contributed by atoms with Crippen molar-refractivity contribution in [3.8, 4) is 0 Å². The van der Waals surface area contributed by atoms with E-state index >= 15 is 0 Å². The van der Waals surface area contributed by atoms with Crippen LogP contribution in [0.5, 0.6) is 0 Å². The molecule has 1 unspecified atom stereocenters. The van der Waals surface area contributed by atoms with Gasteiger partial charge in [0.05, 0.1) is 5.92 Å². The lowest BCUT2D eigenvalue weighted by Crippen LogP contribution is -2.16. The van der Waals surface area contributed by atoms with E-state index in [2.05, 4.69) is 32.2 Å². The molecule has 1 aromatic rings. The van der Waals surface area contributed by atoms with E-state index in [1.807, 2.05) is 12.1 Å². The van der Waals surface area contributed by atoms with Gasteiger partial charge in [0, 0.05) is 5.69 Å². The van der Waals surface area contributed by atoms with E-state index in [9.17, 15) is 4.79 Å². The number of fused-ring (bicyclic) bond motifs is 1. The van der Waals surface area contributed by atoms with Crippen LogP contribution >= 0.6 is 0 Å². The SMILES string of the molecule is Cc1ccc2c(c1)C(C(C)C)C(=O)N2. The van der Waals surface area contributed by atoms with E-state index in [0.29, 0.717) is 5.92 Å². The fourth-order valence-corrected chi connectivity index (χ4v) is 2.07. The third-order valence-electron chi connectivity index (χ3n) is 2.75. The van der Waals surface area contributed by atoms with Crippen molar-refractivity contribution in [2.45, 2.75) is 26.7 Å². The predicted molar refractivity (Wildman–Crippen MR) is 57.4 cm³/mol. The van der Waals surface area contributed by atoms with Crippen LogP contribution in [0.4, 0.5) is 5.69 Å². The molecule has 1 amide bonds. The number of nitrogens with one attached hydrogen (secondary N) is 1. The van der Waals surface area contributed by atoms with Gasteiger partial charge in [-0.25, -0.2) is 0 Å². The van der Waals surface area contributed by atoms with Gasteiger partial charge in [-0.15, -0.1) is 0 Å². The second kappa shape index (κ2) is 3.12. The lowest BCUT2D eigenvalue weighted by molar-refractivity contribution is -0.117. The Morgan fingerprint density at radius 3 is 2.71 bits per heavy atom. The molecule has 1 atom stereocenters. The zero-order chi connectivity index (χ0) is 10.3. The molecule has 1 aliphatic rings. The normalized spacial score (nSPS) is 19.7. The Morgan fingerprint density at radius 2 is 2.07 bits per heavy atom. The van der Waals surface area contributed by atoms with Crippen molar-refractivity contribution < 1.29 is 4.79 Å². The molecule has 1 aliphatic heterocycles. The summed E-state index contributed by atoms with van der Waals surface area (Å²) >= 11 is 0. The predicted octanol–water partition coefficient (Wildman–Crippen LogP) is 2.69. The summed E-state index contributed by atoms with van der Waals surface area (Å²) in [6.45, 7) is 6.23. The Balaban J connectivity index is 2.50. The molecule has 2 rings (SSSR count). The van der Waals surface area contributed by atoms with Gasteiger partial charge in [-0.2, -0.15) is 0 Å². The van der Waals surface area contributed by atoms with Gasteiger partial charge >= 0.3 is 0 Å². The monoisotopic (exact) mass is 189 g/mol. The molecule has 1 aromatic carbocycles. The number of anilines is 1. The minimum absolute atomic E-state index is 0.0323. The fourth-order valence-electron chi connectivity index (χ4n) is 2.07. The average Bonchev–Trinajstić information content (AvgIpc) is 2.40. The molecule has 0 bridgehead atoms. The zero-order valence-electron chi connectivity index (χ0n) is 8.79. The molecule has 14 heavy (non-hydrogen) atoms. The zero-order valence-corrected chi connectivity index (χ0v) is 8.79. The second-order valence-corrected chi connectivity index (χ2v) is 4.30. The molecule has 74 valence electrons. The van der Waals surface area contributed by atoms with Gasteiger partial charge in [-0.05, 0) is 24.5 Å². The van der Waals surface area contributed by atoms with Crippen LogP contribution < -0.4 is 5.32 Å². The summed E-state index contributed by atoms with van der Waals surface area (Å²) < 4.78 is 0. The van der Waals surface area contributed by atoms with Gasteiger partial charge in [0.25, 0.3) is 0 Å². The summed E-state index contributed by atoms with van der Waals surface area (Å²) in [6.07, 6.45) is 0. The highest BCUT2D eigenvalue weighted by molar-refractivity contribution is 6.03. The Morgan fingerprint density at radius 1 is 1.36 bits per heavy atom. The van der Waals surface area contributed by atoms with E-state index < -0.39 is 0 Å². The molecule has 0 spiro atoms. The van der Waals surface area contributed by atoms with E-state index in [-0.39, 0.29) is 11.8 Å². The summed E-state index contributed by atoms with van der Waals surface area (Å²) in [5, 5.41) is 2.92. The van der Waals surface area contributed by atoms with Gasteiger partial charge in [-0.3, -0.25) is 4.79 Å². The number of hydrogen-bond acceptors (Lipinski definition) is 1. The first kappa shape index (κ1) is 9.25. The van der Waals surface area contributed by atoms with E-state index in [1.54, 1.807) is 0 Å². The van der Waals surface area contributed by atoms with Crippen molar-refractivity contribution in [2.75, 3.05) is 5.32 Å². The molecule has 0 aliphatic carbocycles. The summed E-state index contributed by atoms with van der Waals surface area (Å²) in [6, 6.07) is 6.13. The van der Waals surface area contributed by atoms with Crippen molar-refractivity contribution in [2.24, 2.45) is 5.92 Å². The number of carbonyl (C=O) groups is 1. The van der Waals surface area contributed by atoms with Crippen LogP contribution in [0.3, 0.4) is 0 Å². The molecular formula is C12H15NO. The Labute approximate surface area is 84.3 Å². The topological polar surface area (TPSA) is 29.1 Å². The molecule has 1 N–H and O–H groups in total. The maximum absolute atomic E-state index is 11.7. The molecule has 0 radical (unpaired) electrons. The van der Waals surface area contributed by atoms with Crippen LogP contribution in [0.15, 0.2) is 18.2 Å². The highest BCUT2D eigenvalue weighted by atomic mass is 16.2. The first-order chi connectivity index (χ1) is 6.59. The highest BCUT2D eigenvalue weighted by Crippen LogP contribution is 2.37. The molecule has 1 heterocycles. The summed E-state index contributed by atoms with van der Waals surface area (Å²) in [5.74, 6) is 0.531. The number of aryl methyl sites for hydroxylation is 1. The molecular weight excluding hydrogens is 174 g/mol. The van der Waals surface area contributed by atoms with Crippen LogP contribution in [-0.2, 0) is 4.79 Å². The quantitative estimate of drug-likeness (QED) is 0.723. The minimum Gasteiger partial charge on any atom is -0.325 e. The molecule has 0 saturated heterocycles. The average molecular weight is 189 g/mol. The van der Waals surface area contributed by atoms with Gasteiger partial charge in [0.2, 0.25) is 5.91 Å². The smallest absolute Gasteiger partial charge is 0.232 e. The Kier molecular flexibility index (Phi) is 2.06. The van der Waals surface area contributed by atoms with Gasteiger partial charge in [0.1, 0.15) is 0 Å². The molecule has 0 fully saturated rings. The van der Waals surface area contributed by atoms with Crippen LogP contribution in [0.25, 0.3) is 0 Å². The standard InChI is InChI=1S/C12H15NO/c1-7(2)11-9-6-8(3)4-5-10(9)13-12(11)14/h4-7,11H,1-3H3,(H,13,14). The third kappa shape index (κ3) is 1.31. The van der Waals surface area contributed by atoms with Crippen molar-refractivity contribution >= 4 is 11.6 Å². The van der Waals surface area contributed by atoms with Crippen LogP contribution in [-0.4, -0.2) is 5.91 Å². The van der Waals surface area contributed by atoms with E-state index in [1.165, 1.54) is 5.56 Å². The molecule has 0 aromatic heterocycles. The second-order valence-electron chi connectivity index (χ2n) is 4.30.